The van der Waals surface area contributed by atoms with Crippen LogP contribution in [0.25, 0.3) is 0 Å². The van der Waals surface area contributed by atoms with E-state index in [2.05, 4.69) is 9.97 Å². The van der Waals surface area contributed by atoms with Crippen molar-refractivity contribution in [3.63, 3.8) is 0 Å². The van der Waals surface area contributed by atoms with Crippen LogP contribution in [0.2, 0.25) is 0 Å². The van der Waals surface area contributed by atoms with Gasteiger partial charge < -0.3 is 19.1 Å². The Morgan fingerprint density at radius 1 is 1.33 bits per heavy atom. The molecule has 1 aromatic heterocycles. The number of carbonyl (C=O) groups is 1. The van der Waals surface area contributed by atoms with Gasteiger partial charge >= 0.3 is 0 Å². The maximum absolute atomic E-state index is 14.2. The number of aryl methyl sites for hydroxylation is 1. The van der Waals surface area contributed by atoms with Gasteiger partial charge in [0.25, 0.3) is 5.88 Å². The Morgan fingerprint density at radius 2 is 2.19 bits per heavy atom. The lowest BCUT2D eigenvalue weighted by molar-refractivity contribution is -0.129. The number of nitrogens with zero attached hydrogens (tertiary/aromatic N) is 3. The fourth-order valence-electron chi connectivity index (χ4n) is 3.26. The third-order valence-electron chi connectivity index (χ3n) is 4.73. The van der Waals surface area contributed by atoms with Gasteiger partial charge in [-0.05, 0) is 24.1 Å². The fourth-order valence-corrected chi connectivity index (χ4v) is 3.26. The van der Waals surface area contributed by atoms with Gasteiger partial charge in [0.05, 0.1) is 18.7 Å². The van der Waals surface area contributed by atoms with Crippen LogP contribution in [0.1, 0.15) is 24.6 Å². The molecule has 3 heterocycles. The van der Waals surface area contributed by atoms with Gasteiger partial charge in [0.1, 0.15) is 12.4 Å². The lowest BCUT2D eigenvalue weighted by Crippen LogP contribution is -2.32. The Hall–Kier alpha value is -2.90. The molecule has 1 amide bonds. The van der Waals surface area contributed by atoms with Crippen LogP contribution in [0.15, 0.2) is 24.5 Å². The van der Waals surface area contributed by atoms with E-state index >= 15 is 0 Å². The van der Waals surface area contributed by atoms with E-state index in [0.29, 0.717) is 43.1 Å². The van der Waals surface area contributed by atoms with Gasteiger partial charge in [0.2, 0.25) is 18.5 Å². The number of halogens is 1. The standard InChI is InChI=1S/C19H20FN3O4/c1-2-14-18(20)19(22-10-21-14)27-13-5-6-23(9-13)17(24)8-12-3-4-15-16(7-12)26-11-25-15/h3-4,7,10,13H,2,5-6,8-9,11H2,1H3/t13-/m1/s1. The summed E-state index contributed by atoms with van der Waals surface area (Å²) >= 11 is 0. The molecule has 0 radical (unpaired) electrons. The average Bonchev–Trinajstić information content (AvgIpc) is 3.32. The molecule has 1 fully saturated rings. The van der Waals surface area contributed by atoms with Crippen molar-refractivity contribution in [3.05, 3.63) is 41.6 Å². The predicted octanol–water partition coefficient (Wildman–Crippen LogP) is 2.13. The minimum atomic E-state index is -0.523. The van der Waals surface area contributed by atoms with Crippen molar-refractivity contribution in [2.45, 2.75) is 32.3 Å². The van der Waals surface area contributed by atoms with Crippen molar-refractivity contribution < 1.29 is 23.4 Å². The van der Waals surface area contributed by atoms with Crippen molar-refractivity contribution in [1.29, 1.82) is 0 Å². The van der Waals surface area contributed by atoms with E-state index in [1.165, 1.54) is 6.33 Å². The van der Waals surface area contributed by atoms with E-state index < -0.39 is 5.82 Å². The van der Waals surface area contributed by atoms with Crippen LogP contribution in [0, 0.1) is 5.82 Å². The van der Waals surface area contributed by atoms with Crippen LogP contribution in [0.3, 0.4) is 0 Å². The lowest BCUT2D eigenvalue weighted by Gasteiger charge is -2.17. The minimum Gasteiger partial charge on any atom is -0.470 e. The van der Waals surface area contributed by atoms with E-state index in [-0.39, 0.29) is 31.1 Å². The summed E-state index contributed by atoms with van der Waals surface area (Å²) in [6.45, 7) is 3.01. The van der Waals surface area contributed by atoms with Gasteiger partial charge in [0, 0.05) is 13.0 Å². The second kappa shape index (κ2) is 7.38. The molecule has 1 atom stereocenters. The van der Waals surface area contributed by atoms with Crippen molar-refractivity contribution in [2.24, 2.45) is 0 Å². The van der Waals surface area contributed by atoms with Gasteiger partial charge in [-0.25, -0.2) is 4.98 Å². The van der Waals surface area contributed by atoms with Gasteiger partial charge in [-0.2, -0.15) is 9.37 Å². The highest BCUT2D eigenvalue weighted by molar-refractivity contribution is 5.79. The molecule has 0 saturated carbocycles. The molecule has 1 aromatic carbocycles. The highest BCUT2D eigenvalue weighted by Gasteiger charge is 2.29. The van der Waals surface area contributed by atoms with Crippen molar-refractivity contribution in [1.82, 2.24) is 14.9 Å². The zero-order valence-electron chi connectivity index (χ0n) is 15.0. The highest BCUT2D eigenvalue weighted by Crippen LogP contribution is 2.32. The summed E-state index contributed by atoms with van der Waals surface area (Å²) in [7, 11) is 0. The average molecular weight is 373 g/mol. The zero-order valence-corrected chi connectivity index (χ0v) is 15.0. The molecule has 4 rings (SSSR count). The summed E-state index contributed by atoms with van der Waals surface area (Å²) in [4.78, 5) is 22.1. The van der Waals surface area contributed by atoms with Gasteiger partial charge in [-0.1, -0.05) is 13.0 Å². The molecule has 0 aliphatic carbocycles. The summed E-state index contributed by atoms with van der Waals surface area (Å²) in [5.74, 6) is 0.785. The fraction of sp³-hybridized carbons (Fsp3) is 0.421. The first-order chi connectivity index (χ1) is 13.1. The van der Waals surface area contributed by atoms with Crippen LogP contribution in [-0.2, 0) is 17.6 Å². The van der Waals surface area contributed by atoms with Gasteiger partial charge in [0.15, 0.2) is 11.5 Å². The number of ether oxygens (including phenoxy) is 3. The summed E-state index contributed by atoms with van der Waals surface area (Å²) in [6.07, 6.45) is 2.40. The van der Waals surface area contributed by atoms with E-state index in [4.69, 9.17) is 14.2 Å². The number of rotatable bonds is 5. The molecular formula is C19H20FN3O4. The molecule has 7 nitrogen and oxygen atoms in total. The molecule has 2 aliphatic rings. The van der Waals surface area contributed by atoms with E-state index in [0.717, 1.165) is 5.56 Å². The second-order valence-corrected chi connectivity index (χ2v) is 6.53. The molecule has 0 unspecified atom stereocenters. The van der Waals surface area contributed by atoms with E-state index in [1.807, 2.05) is 25.1 Å². The smallest absolute Gasteiger partial charge is 0.254 e. The zero-order chi connectivity index (χ0) is 18.8. The summed E-state index contributed by atoms with van der Waals surface area (Å²) in [6, 6.07) is 5.49. The Bertz CT molecular complexity index is 861. The van der Waals surface area contributed by atoms with E-state index in [9.17, 15) is 9.18 Å². The first kappa shape index (κ1) is 17.5. The third kappa shape index (κ3) is 3.65. The normalized spacial score (nSPS) is 18.0. The second-order valence-electron chi connectivity index (χ2n) is 6.53. The van der Waals surface area contributed by atoms with Crippen LogP contribution in [0.4, 0.5) is 4.39 Å². The van der Waals surface area contributed by atoms with Crippen molar-refractivity contribution >= 4 is 5.91 Å². The molecule has 2 aromatic rings. The molecule has 2 aliphatic heterocycles. The molecule has 0 N–H and O–H groups in total. The number of fused-ring (bicyclic) bond motifs is 1. The Kier molecular flexibility index (Phi) is 4.79. The number of amides is 1. The van der Waals surface area contributed by atoms with Crippen LogP contribution in [0.5, 0.6) is 17.4 Å². The number of hydrogen-bond donors (Lipinski definition) is 0. The maximum Gasteiger partial charge on any atom is 0.254 e. The van der Waals surface area contributed by atoms with Gasteiger partial charge in [-0.3, -0.25) is 4.79 Å². The Balaban J connectivity index is 1.36. The first-order valence-corrected chi connectivity index (χ1v) is 8.96. The highest BCUT2D eigenvalue weighted by atomic mass is 19.1. The number of aromatic nitrogens is 2. The number of hydrogen-bond acceptors (Lipinski definition) is 6. The number of carbonyl (C=O) groups excluding carboxylic acids is 1. The lowest BCUT2D eigenvalue weighted by atomic mass is 10.1. The largest absolute Gasteiger partial charge is 0.470 e. The summed E-state index contributed by atoms with van der Waals surface area (Å²) in [5.41, 5.74) is 1.19. The predicted molar refractivity (Wildman–Crippen MR) is 93.3 cm³/mol. The molecule has 1 saturated heterocycles. The molecule has 142 valence electrons. The molecule has 27 heavy (non-hydrogen) atoms. The van der Waals surface area contributed by atoms with Gasteiger partial charge in [-0.15, -0.1) is 0 Å². The number of benzene rings is 1. The third-order valence-corrected chi connectivity index (χ3v) is 4.73. The van der Waals surface area contributed by atoms with Crippen LogP contribution < -0.4 is 14.2 Å². The summed E-state index contributed by atoms with van der Waals surface area (Å²) < 4.78 is 30.5. The topological polar surface area (TPSA) is 73.8 Å². The molecule has 0 bridgehead atoms. The Morgan fingerprint density at radius 3 is 3.04 bits per heavy atom. The molecule has 0 spiro atoms. The monoisotopic (exact) mass is 373 g/mol. The van der Waals surface area contributed by atoms with Crippen LogP contribution >= 0.6 is 0 Å². The number of likely N-dealkylation sites (tertiary alicyclic amines) is 1. The Labute approximate surface area is 156 Å². The quantitative estimate of drug-likeness (QED) is 0.799. The maximum atomic E-state index is 14.2. The minimum absolute atomic E-state index is 0.00243. The SMILES string of the molecule is CCc1ncnc(O[C@@H]2CCN(C(=O)Cc3ccc4c(c3)OCO4)C2)c1F. The summed E-state index contributed by atoms with van der Waals surface area (Å²) in [5, 5.41) is 0. The molecule has 8 heteroatoms. The van der Waals surface area contributed by atoms with Crippen molar-refractivity contribution in [2.75, 3.05) is 19.9 Å². The molecular weight excluding hydrogens is 353 g/mol. The first-order valence-electron chi connectivity index (χ1n) is 8.96. The van der Waals surface area contributed by atoms with Crippen LogP contribution in [-0.4, -0.2) is 46.8 Å². The van der Waals surface area contributed by atoms with Crippen molar-refractivity contribution in [3.8, 4) is 17.4 Å². The van der Waals surface area contributed by atoms with E-state index in [1.54, 1.807) is 4.90 Å².